The minimum atomic E-state index is -0.592. The molecular weight excluding hydrogens is 368 g/mol. The highest BCUT2D eigenvalue weighted by Crippen LogP contribution is 2.30. The summed E-state index contributed by atoms with van der Waals surface area (Å²) >= 11 is 0. The van der Waals surface area contributed by atoms with E-state index >= 15 is 0 Å². The number of hydrogen-bond acceptors (Lipinski definition) is 5. The van der Waals surface area contributed by atoms with E-state index in [1.54, 1.807) is 4.90 Å². The average molecular weight is 392 g/mol. The molecule has 0 aliphatic carbocycles. The second-order valence-electron chi connectivity index (χ2n) is 7.77. The van der Waals surface area contributed by atoms with Gasteiger partial charge in [-0.3, -0.25) is 24.6 Å². The molecule has 0 aromatic heterocycles. The van der Waals surface area contributed by atoms with Crippen LogP contribution in [0.15, 0.2) is 42.5 Å². The third-order valence-corrected chi connectivity index (χ3v) is 5.48. The summed E-state index contributed by atoms with van der Waals surface area (Å²) in [4.78, 5) is 40.5. The lowest BCUT2D eigenvalue weighted by Crippen LogP contribution is -2.52. The molecule has 4 rings (SSSR count). The lowest BCUT2D eigenvalue weighted by atomic mass is 10.0. The summed E-state index contributed by atoms with van der Waals surface area (Å²) in [6, 6.07) is 13.0. The van der Waals surface area contributed by atoms with Crippen molar-refractivity contribution < 1.29 is 14.4 Å². The molecule has 29 heavy (non-hydrogen) atoms. The largest absolute Gasteiger partial charge is 0.399 e. The number of nitrogens with two attached hydrogens (primary N) is 1. The van der Waals surface area contributed by atoms with Gasteiger partial charge < -0.3 is 10.6 Å². The molecule has 1 fully saturated rings. The van der Waals surface area contributed by atoms with Gasteiger partial charge in [0.05, 0.1) is 0 Å². The van der Waals surface area contributed by atoms with Gasteiger partial charge in [0.2, 0.25) is 11.8 Å². The number of rotatable bonds is 5. The van der Waals surface area contributed by atoms with Crippen LogP contribution < -0.4 is 11.1 Å². The molecule has 2 aliphatic heterocycles. The number of benzene rings is 2. The van der Waals surface area contributed by atoms with Crippen molar-refractivity contribution in [1.29, 1.82) is 0 Å². The van der Waals surface area contributed by atoms with Gasteiger partial charge in [0, 0.05) is 37.3 Å². The summed E-state index contributed by atoms with van der Waals surface area (Å²) in [7, 11) is 2.00. The summed E-state index contributed by atoms with van der Waals surface area (Å²) in [5, 5.41) is 2.34. The number of imide groups is 1. The van der Waals surface area contributed by atoms with E-state index in [0.717, 1.165) is 22.4 Å². The number of nitrogen functional groups attached to an aromatic ring is 1. The van der Waals surface area contributed by atoms with E-state index in [-0.39, 0.29) is 24.1 Å². The second kappa shape index (κ2) is 7.67. The Bertz CT molecular complexity index is 988. The highest BCUT2D eigenvalue weighted by molar-refractivity contribution is 6.05. The zero-order valence-corrected chi connectivity index (χ0v) is 16.4. The number of carbonyl (C=O) groups excluding carboxylic acids is 3. The van der Waals surface area contributed by atoms with Gasteiger partial charge in [-0.05, 0) is 42.3 Å². The molecule has 1 saturated heterocycles. The lowest BCUT2D eigenvalue weighted by molar-refractivity contribution is -0.136. The molecule has 7 nitrogen and oxygen atoms in total. The Hall–Kier alpha value is -3.19. The number of amides is 3. The minimum absolute atomic E-state index is 0.137. The second-order valence-corrected chi connectivity index (χ2v) is 7.77. The fourth-order valence-electron chi connectivity index (χ4n) is 4.17. The third-order valence-electron chi connectivity index (χ3n) is 5.48. The maximum atomic E-state index is 13.2. The van der Waals surface area contributed by atoms with Gasteiger partial charge in [-0.1, -0.05) is 30.3 Å². The molecule has 0 saturated carbocycles. The Morgan fingerprint density at radius 1 is 1.14 bits per heavy atom. The summed E-state index contributed by atoms with van der Waals surface area (Å²) in [5.74, 6) is -0.801. The van der Waals surface area contributed by atoms with E-state index in [2.05, 4.69) is 10.2 Å². The monoisotopic (exact) mass is 392 g/mol. The Balaban J connectivity index is 1.51. The van der Waals surface area contributed by atoms with E-state index in [4.69, 9.17) is 5.73 Å². The third kappa shape index (κ3) is 3.86. The number of nitrogens with one attached hydrogen (secondary N) is 1. The van der Waals surface area contributed by atoms with Gasteiger partial charge in [-0.2, -0.15) is 0 Å². The van der Waals surface area contributed by atoms with Crippen molar-refractivity contribution in [3.63, 3.8) is 0 Å². The van der Waals surface area contributed by atoms with Crippen LogP contribution >= 0.6 is 0 Å². The van der Waals surface area contributed by atoms with Crippen LogP contribution in [-0.4, -0.2) is 40.6 Å². The first-order chi connectivity index (χ1) is 13.9. The predicted molar refractivity (Wildman–Crippen MR) is 109 cm³/mol. The van der Waals surface area contributed by atoms with Crippen LogP contribution in [0.25, 0.3) is 0 Å². The van der Waals surface area contributed by atoms with Crippen molar-refractivity contribution >= 4 is 23.4 Å². The normalized spacial score (nSPS) is 18.9. The molecule has 7 heteroatoms. The van der Waals surface area contributed by atoms with Gasteiger partial charge in [0.15, 0.2) is 0 Å². The fourth-order valence-corrected chi connectivity index (χ4v) is 4.17. The number of nitrogens with zero attached hydrogens (tertiary/aromatic N) is 2. The molecular formula is C22H24N4O3. The smallest absolute Gasteiger partial charge is 0.255 e. The molecule has 2 heterocycles. The molecule has 0 radical (unpaired) electrons. The van der Waals surface area contributed by atoms with Crippen LogP contribution in [-0.2, 0) is 29.2 Å². The Labute approximate surface area is 169 Å². The van der Waals surface area contributed by atoms with Gasteiger partial charge in [0.25, 0.3) is 5.91 Å². The zero-order chi connectivity index (χ0) is 20.5. The van der Waals surface area contributed by atoms with Crippen LogP contribution in [0.2, 0.25) is 0 Å². The first kappa shape index (κ1) is 19.1. The molecule has 3 N–H and O–H groups in total. The standard InChI is InChI=1S/C22H24N4O3/c1-25(11-14-4-2-7-17(23)10-14)12-15-5-3-6-16-13-26(22(29)20(15)16)18-8-9-19(27)24-21(18)28/h2-7,10,18H,8-9,11-13,23H2,1H3,(H,24,27,28). The highest BCUT2D eigenvalue weighted by Gasteiger charge is 2.39. The Kier molecular flexibility index (Phi) is 5.07. The Morgan fingerprint density at radius 2 is 1.93 bits per heavy atom. The molecule has 2 aromatic carbocycles. The highest BCUT2D eigenvalue weighted by atomic mass is 16.2. The maximum absolute atomic E-state index is 13.2. The predicted octanol–water partition coefficient (Wildman–Crippen LogP) is 1.66. The number of carbonyl (C=O) groups is 3. The van der Waals surface area contributed by atoms with E-state index in [1.807, 2.05) is 49.5 Å². The van der Waals surface area contributed by atoms with Crippen molar-refractivity contribution in [2.45, 2.75) is 38.5 Å². The molecule has 0 bridgehead atoms. The van der Waals surface area contributed by atoms with Gasteiger partial charge >= 0.3 is 0 Å². The van der Waals surface area contributed by atoms with Crippen LogP contribution in [0.3, 0.4) is 0 Å². The van der Waals surface area contributed by atoms with Gasteiger partial charge in [-0.25, -0.2) is 0 Å². The Morgan fingerprint density at radius 3 is 2.69 bits per heavy atom. The summed E-state index contributed by atoms with van der Waals surface area (Å²) in [5.41, 5.74) is 10.2. The van der Waals surface area contributed by atoms with Gasteiger partial charge in [0.1, 0.15) is 6.04 Å². The topological polar surface area (TPSA) is 95.7 Å². The van der Waals surface area contributed by atoms with Crippen molar-refractivity contribution in [2.24, 2.45) is 0 Å². The molecule has 2 aliphatic rings. The van der Waals surface area contributed by atoms with Crippen molar-refractivity contribution in [3.05, 3.63) is 64.7 Å². The zero-order valence-electron chi connectivity index (χ0n) is 16.4. The molecule has 1 atom stereocenters. The van der Waals surface area contributed by atoms with Crippen LogP contribution in [0.1, 0.15) is 39.9 Å². The van der Waals surface area contributed by atoms with E-state index in [1.165, 1.54) is 0 Å². The molecule has 150 valence electrons. The number of piperidine rings is 1. The number of hydrogen-bond donors (Lipinski definition) is 2. The number of anilines is 1. The van der Waals surface area contributed by atoms with Crippen molar-refractivity contribution in [1.82, 2.24) is 15.1 Å². The lowest BCUT2D eigenvalue weighted by Gasteiger charge is -2.29. The van der Waals surface area contributed by atoms with Crippen molar-refractivity contribution in [2.75, 3.05) is 12.8 Å². The quantitative estimate of drug-likeness (QED) is 0.596. The van der Waals surface area contributed by atoms with Crippen LogP contribution in [0.4, 0.5) is 5.69 Å². The van der Waals surface area contributed by atoms with Crippen LogP contribution in [0.5, 0.6) is 0 Å². The van der Waals surface area contributed by atoms with E-state index < -0.39 is 6.04 Å². The van der Waals surface area contributed by atoms with E-state index in [0.29, 0.717) is 31.6 Å². The molecule has 1 unspecified atom stereocenters. The SMILES string of the molecule is CN(Cc1cccc(N)c1)Cc1cccc2c1C(=O)N(C1CCC(=O)NC1=O)C2. The van der Waals surface area contributed by atoms with Gasteiger partial charge in [-0.15, -0.1) is 0 Å². The van der Waals surface area contributed by atoms with Crippen molar-refractivity contribution in [3.8, 4) is 0 Å². The average Bonchev–Trinajstić information content (AvgIpc) is 2.99. The summed E-state index contributed by atoms with van der Waals surface area (Å²) in [6.07, 6.45) is 0.626. The molecule has 0 spiro atoms. The number of fused-ring (bicyclic) bond motifs is 1. The summed E-state index contributed by atoms with van der Waals surface area (Å²) < 4.78 is 0. The van der Waals surface area contributed by atoms with Crippen LogP contribution in [0, 0.1) is 0 Å². The first-order valence-electron chi connectivity index (χ1n) is 9.71. The first-order valence-corrected chi connectivity index (χ1v) is 9.71. The molecule has 2 aromatic rings. The molecule has 3 amide bonds. The maximum Gasteiger partial charge on any atom is 0.255 e. The fraction of sp³-hybridized carbons (Fsp3) is 0.318. The van der Waals surface area contributed by atoms with E-state index in [9.17, 15) is 14.4 Å². The minimum Gasteiger partial charge on any atom is -0.399 e. The summed E-state index contributed by atoms with van der Waals surface area (Å²) in [6.45, 7) is 1.71.